The zero-order valence-corrected chi connectivity index (χ0v) is 12.3. The number of hydrogen-bond donors (Lipinski definition) is 1. The first-order valence-corrected chi connectivity index (χ1v) is 7.15. The van der Waals surface area contributed by atoms with E-state index in [9.17, 15) is 0 Å². The third-order valence-corrected chi connectivity index (χ3v) is 3.16. The molecule has 0 aliphatic heterocycles. The number of rotatable bonds is 7. The maximum Gasteiger partial charge on any atom is 0.222 e. The lowest BCUT2D eigenvalue weighted by molar-refractivity contribution is 0.489. The number of nitrogens with one attached hydrogen (secondary N) is 1. The molecule has 5 heteroatoms. The maximum atomic E-state index is 5.77. The van der Waals surface area contributed by atoms with Crippen molar-refractivity contribution in [2.24, 2.45) is 5.92 Å². The smallest absolute Gasteiger partial charge is 0.222 e. The van der Waals surface area contributed by atoms with Gasteiger partial charge in [-0.1, -0.05) is 13.3 Å². The lowest BCUT2D eigenvalue weighted by Crippen LogP contribution is -2.16. The molecule has 0 aliphatic rings. The SMILES string of the molecule is CCCC(CCCl)CNc1ncc(I)cn1. The van der Waals surface area contributed by atoms with Gasteiger partial charge in [-0.05, 0) is 41.4 Å². The van der Waals surface area contributed by atoms with Gasteiger partial charge in [-0.3, -0.25) is 0 Å². The Morgan fingerprint density at radius 3 is 2.62 bits per heavy atom. The monoisotopic (exact) mass is 353 g/mol. The average molecular weight is 354 g/mol. The number of alkyl halides is 1. The van der Waals surface area contributed by atoms with Crippen LogP contribution in [0, 0.1) is 9.49 Å². The molecule has 0 aromatic carbocycles. The number of nitrogens with zero attached hydrogens (tertiary/aromatic N) is 2. The second kappa shape index (κ2) is 8.06. The van der Waals surface area contributed by atoms with Gasteiger partial charge in [-0.25, -0.2) is 9.97 Å². The van der Waals surface area contributed by atoms with Gasteiger partial charge < -0.3 is 5.32 Å². The number of halogens is 2. The van der Waals surface area contributed by atoms with Crippen LogP contribution in [0.5, 0.6) is 0 Å². The third kappa shape index (κ3) is 5.30. The first-order chi connectivity index (χ1) is 7.76. The topological polar surface area (TPSA) is 37.8 Å². The Balaban J connectivity index is 2.38. The number of anilines is 1. The highest BCUT2D eigenvalue weighted by atomic mass is 127. The van der Waals surface area contributed by atoms with Crippen LogP contribution in [0.25, 0.3) is 0 Å². The zero-order valence-electron chi connectivity index (χ0n) is 9.42. The Morgan fingerprint density at radius 1 is 1.38 bits per heavy atom. The van der Waals surface area contributed by atoms with E-state index in [-0.39, 0.29) is 0 Å². The standard InChI is InChI=1S/C11H17ClIN3/c1-2-3-9(4-5-12)6-14-11-15-7-10(13)8-16-11/h7-9H,2-6H2,1H3,(H,14,15,16). The zero-order chi connectivity index (χ0) is 11.8. The van der Waals surface area contributed by atoms with Gasteiger partial charge in [0.2, 0.25) is 5.95 Å². The minimum absolute atomic E-state index is 0.616. The molecule has 1 atom stereocenters. The second-order valence-electron chi connectivity index (χ2n) is 3.74. The van der Waals surface area contributed by atoms with Crippen LogP contribution in [0.1, 0.15) is 26.2 Å². The van der Waals surface area contributed by atoms with E-state index < -0.39 is 0 Å². The summed E-state index contributed by atoms with van der Waals surface area (Å²) >= 11 is 7.97. The molecule has 1 aromatic rings. The molecule has 1 unspecified atom stereocenters. The minimum Gasteiger partial charge on any atom is -0.354 e. The predicted molar refractivity (Wildman–Crippen MR) is 77.0 cm³/mol. The van der Waals surface area contributed by atoms with Crippen molar-refractivity contribution in [3.8, 4) is 0 Å². The molecule has 0 radical (unpaired) electrons. The summed E-state index contributed by atoms with van der Waals surface area (Å²) in [5.41, 5.74) is 0. The number of hydrogen-bond acceptors (Lipinski definition) is 3. The molecule has 90 valence electrons. The minimum atomic E-state index is 0.616. The van der Waals surface area contributed by atoms with Gasteiger partial charge in [0.05, 0.1) is 0 Å². The summed E-state index contributed by atoms with van der Waals surface area (Å²) in [6.45, 7) is 3.10. The fourth-order valence-corrected chi connectivity index (χ4v) is 2.14. The highest BCUT2D eigenvalue weighted by Crippen LogP contribution is 2.13. The summed E-state index contributed by atoms with van der Waals surface area (Å²) in [6.07, 6.45) is 7.06. The summed E-state index contributed by atoms with van der Waals surface area (Å²) in [4.78, 5) is 8.42. The Hall–Kier alpha value is -0.100. The van der Waals surface area contributed by atoms with Crippen molar-refractivity contribution in [1.29, 1.82) is 0 Å². The fraction of sp³-hybridized carbons (Fsp3) is 0.636. The summed E-state index contributed by atoms with van der Waals surface area (Å²) in [5, 5.41) is 3.26. The van der Waals surface area contributed by atoms with Crippen molar-refractivity contribution < 1.29 is 0 Å². The van der Waals surface area contributed by atoms with E-state index in [0.717, 1.165) is 22.4 Å². The van der Waals surface area contributed by atoms with E-state index in [1.54, 1.807) is 0 Å². The van der Waals surface area contributed by atoms with Gasteiger partial charge in [-0.2, -0.15) is 0 Å². The van der Waals surface area contributed by atoms with Gasteiger partial charge in [0.1, 0.15) is 0 Å². The van der Waals surface area contributed by atoms with E-state index in [1.165, 1.54) is 12.8 Å². The van der Waals surface area contributed by atoms with Crippen LogP contribution in [-0.2, 0) is 0 Å². The van der Waals surface area contributed by atoms with Crippen molar-refractivity contribution in [2.45, 2.75) is 26.2 Å². The average Bonchev–Trinajstić information content (AvgIpc) is 2.29. The quantitative estimate of drug-likeness (QED) is 0.602. The van der Waals surface area contributed by atoms with E-state index in [0.29, 0.717) is 11.9 Å². The molecular weight excluding hydrogens is 336 g/mol. The lowest BCUT2D eigenvalue weighted by Gasteiger charge is -2.15. The Kier molecular flexibility index (Phi) is 7.03. The molecule has 1 rings (SSSR count). The fourth-order valence-electron chi connectivity index (χ4n) is 1.55. The molecule has 0 spiro atoms. The molecule has 1 aromatic heterocycles. The molecule has 3 nitrogen and oxygen atoms in total. The Labute approximate surface area is 116 Å². The summed E-state index contributed by atoms with van der Waals surface area (Å²) in [6, 6.07) is 0. The van der Waals surface area contributed by atoms with Crippen LogP contribution >= 0.6 is 34.2 Å². The third-order valence-electron chi connectivity index (χ3n) is 2.38. The van der Waals surface area contributed by atoms with Gasteiger partial charge in [0.25, 0.3) is 0 Å². The van der Waals surface area contributed by atoms with Crippen LogP contribution in [0.2, 0.25) is 0 Å². The van der Waals surface area contributed by atoms with E-state index in [2.05, 4.69) is 44.8 Å². The molecular formula is C11H17ClIN3. The first-order valence-electron chi connectivity index (χ1n) is 5.53. The van der Waals surface area contributed by atoms with Crippen LogP contribution in [0.15, 0.2) is 12.4 Å². The van der Waals surface area contributed by atoms with Gasteiger partial charge in [0.15, 0.2) is 0 Å². The summed E-state index contributed by atoms with van der Waals surface area (Å²) in [5.74, 6) is 2.04. The van der Waals surface area contributed by atoms with Crippen LogP contribution in [-0.4, -0.2) is 22.4 Å². The molecule has 0 bridgehead atoms. The van der Waals surface area contributed by atoms with E-state index >= 15 is 0 Å². The molecule has 0 saturated heterocycles. The highest BCUT2D eigenvalue weighted by molar-refractivity contribution is 14.1. The Bertz CT molecular complexity index is 286. The van der Waals surface area contributed by atoms with Crippen molar-refractivity contribution in [3.05, 3.63) is 16.0 Å². The predicted octanol–water partition coefficient (Wildman–Crippen LogP) is 3.54. The van der Waals surface area contributed by atoms with Crippen molar-refractivity contribution >= 4 is 40.1 Å². The van der Waals surface area contributed by atoms with E-state index in [4.69, 9.17) is 11.6 Å². The van der Waals surface area contributed by atoms with Crippen LogP contribution < -0.4 is 5.32 Å². The van der Waals surface area contributed by atoms with Crippen molar-refractivity contribution in [2.75, 3.05) is 17.7 Å². The molecule has 16 heavy (non-hydrogen) atoms. The lowest BCUT2D eigenvalue weighted by atomic mass is 10.0. The summed E-state index contributed by atoms with van der Waals surface area (Å²) < 4.78 is 1.05. The van der Waals surface area contributed by atoms with Crippen LogP contribution in [0.3, 0.4) is 0 Å². The molecule has 0 amide bonds. The van der Waals surface area contributed by atoms with E-state index in [1.807, 2.05) is 12.4 Å². The van der Waals surface area contributed by atoms with Gasteiger partial charge in [-0.15, -0.1) is 11.6 Å². The molecule has 0 aliphatic carbocycles. The Morgan fingerprint density at radius 2 is 2.06 bits per heavy atom. The summed E-state index contributed by atoms with van der Waals surface area (Å²) in [7, 11) is 0. The van der Waals surface area contributed by atoms with Gasteiger partial charge in [0, 0.05) is 28.4 Å². The normalized spacial score (nSPS) is 12.4. The second-order valence-corrected chi connectivity index (χ2v) is 5.36. The molecule has 0 fully saturated rings. The van der Waals surface area contributed by atoms with Gasteiger partial charge >= 0.3 is 0 Å². The molecule has 0 saturated carbocycles. The number of aromatic nitrogens is 2. The van der Waals surface area contributed by atoms with Crippen molar-refractivity contribution in [3.63, 3.8) is 0 Å². The largest absolute Gasteiger partial charge is 0.354 e. The van der Waals surface area contributed by atoms with Crippen LogP contribution in [0.4, 0.5) is 5.95 Å². The highest BCUT2D eigenvalue weighted by Gasteiger charge is 2.07. The first kappa shape index (κ1) is 14.0. The van der Waals surface area contributed by atoms with Crippen molar-refractivity contribution in [1.82, 2.24) is 9.97 Å². The molecule has 1 N–H and O–H groups in total. The molecule has 1 heterocycles. The maximum absolute atomic E-state index is 5.77.